The molecule has 0 radical (unpaired) electrons. The van der Waals surface area contributed by atoms with E-state index < -0.39 is 20.2 Å². The maximum atomic E-state index is 13.3. The van der Waals surface area contributed by atoms with Crippen LogP contribution in [0.5, 0.6) is 11.5 Å². The number of aryl methyl sites for hydroxylation is 2. The predicted molar refractivity (Wildman–Crippen MR) is 155 cm³/mol. The van der Waals surface area contributed by atoms with E-state index in [2.05, 4.69) is 0 Å². The quantitative estimate of drug-likeness (QED) is 0.184. The summed E-state index contributed by atoms with van der Waals surface area (Å²) >= 11 is 0. The summed E-state index contributed by atoms with van der Waals surface area (Å²) in [6.07, 6.45) is 0. The van der Waals surface area contributed by atoms with Crippen LogP contribution in [0.25, 0.3) is 22.3 Å². The van der Waals surface area contributed by atoms with Gasteiger partial charge in [-0.25, -0.2) is 0 Å². The molecule has 0 N–H and O–H groups in total. The Kier molecular flexibility index (Phi) is 7.47. The van der Waals surface area contributed by atoms with Gasteiger partial charge in [0.1, 0.15) is 9.79 Å². The summed E-state index contributed by atoms with van der Waals surface area (Å²) in [6.45, 7) is 3.70. The highest BCUT2D eigenvalue weighted by Gasteiger charge is 2.26. The van der Waals surface area contributed by atoms with Gasteiger partial charge in [0.15, 0.2) is 11.5 Å². The van der Waals surface area contributed by atoms with Gasteiger partial charge in [0.2, 0.25) is 0 Å². The van der Waals surface area contributed by atoms with E-state index in [1.54, 1.807) is 36.4 Å². The van der Waals surface area contributed by atoms with E-state index in [0.29, 0.717) is 5.56 Å². The second kappa shape index (κ2) is 11.0. The molecule has 5 rings (SSSR count). The number of benzene rings is 5. The summed E-state index contributed by atoms with van der Waals surface area (Å²) < 4.78 is 64.6. The standard InChI is InChI=1S/C32H26O6S2/c1-23-15-19-26(20-16-23)39(33,34)37-30-13-8-14-31(38-40(35,36)27-21-17-24(2)18-22-27)32(30)29-12-7-6-11-28(29)25-9-4-3-5-10-25/h3-22H,1-2H3. The lowest BCUT2D eigenvalue weighted by atomic mass is 9.93. The van der Waals surface area contributed by atoms with Crippen molar-refractivity contribution in [3.63, 3.8) is 0 Å². The Morgan fingerprint density at radius 1 is 0.450 bits per heavy atom. The van der Waals surface area contributed by atoms with Crippen LogP contribution in [-0.4, -0.2) is 16.8 Å². The predicted octanol–water partition coefficient (Wildman–Crippen LogP) is 7.17. The molecular weight excluding hydrogens is 544 g/mol. The van der Waals surface area contributed by atoms with Crippen molar-refractivity contribution < 1.29 is 25.2 Å². The molecule has 5 aromatic carbocycles. The third-order valence-electron chi connectivity index (χ3n) is 6.29. The molecule has 0 aliphatic rings. The van der Waals surface area contributed by atoms with E-state index in [9.17, 15) is 16.8 Å². The van der Waals surface area contributed by atoms with Crippen molar-refractivity contribution >= 4 is 20.2 Å². The van der Waals surface area contributed by atoms with Gasteiger partial charge in [0.25, 0.3) is 0 Å². The smallest absolute Gasteiger partial charge is 0.339 e. The van der Waals surface area contributed by atoms with E-state index in [1.165, 1.54) is 42.5 Å². The van der Waals surface area contributed by atoms with Gasteiger partial charge in [0.05, 0.1) is 5.56 Å². The second-order valence-corrected chi connectivity index (χ2v) is 12.3. The topological polar surface area (TPSA) is 86.7 Å². The summed E-state index contributed by atoms with van der Waals surface area (Å²) in [4.78, 5) is -0.0574. The molecule has 0 amide bonds. The Morgan fingerprint density at radius 2 is 0.875 bits per heavy atom. The average molecular weight is 571 g/mol. The van der Waals surface area contributed by atoms with Crippen LogP contribution >= 0.6 is 0 Å². The maximum Gasteiger partial charge on any atom is 0.339 e. The zero-order valence-corrected chi connectivity index (χ0v) is 23.4. The molecule has 0 heterocycles. The van der Waals surface area contributed by atoms with Gasteiger partial charge in [0, 0.05) is 0 Å². The lowest BCUT2D eigenvalue weighted by molar-refractivity contribution is 0.478. The summed E-state index contributed by atoms with van der Waals surface area (Å²) in [6, 6.07) is 33.8. The minimum Gasteiger partial charge on any atom is -0.378 e. The van der Waals surface area contributed by atoms with Gasteiger partial charge in [-0.3, -0.25) is 0 Å². The maximum absolute atomic E-state index is 13.3. The second-order valence-electron chi connectivity index (χ2n) is 9.24. The van der Waals surface area contributed by atoms with Crippen LogP contribution in [0.1, 0.15) is 11.1 Å². The molecule has 0 fully saturated rings. The van der Waals surface area contributed by atoms with Gasteiger partial charge in [-0.15, -0.1) is 0 Å². The molecule has 6 nitrogen and oxygen atoms in total. The Hall–Kier alpha value is -4.40. The lowest BCUT2D eigenvalue weighted by Gasteiger charge is -2.18. The van der Waals surface area contributed by atoms with Crippen LogP contribution in [0.3, 0.4) is 0 Å². The molecule has 0 aliphatic heterocycles. The van der Waals surface area contributed by atoms with Gasteiger partial charge < -0.3 is 8.37 Å². The third-order valence-corrected chi connectivity index (χ3v) is 8.78. The highest BCUT2D eigenvalue weighted by Crippen LogP contribution is 2.44. The molecule has 0 saturated carbocycles. The number of rotatable bonds is 8. The summed E-state index contributed by atoms with van der Waals surface area (Å²) in [5, 5.41) is 0. The Bertz CT molecular complexity index is 1770. The minimum atomic E-state index is -4.26. The normalized spacial score (nSPS) is 11.7. The van der Waals surface area contributed by atoms with Crippen molar-refractivity contribution in [3.05, 3.63) is 132 Å². The number of hydrogen-bond donors (Lipinski definition) is 0. The highest BCUT2D eigenvalue weighted by molar-refractivity contribution is 7.87. The van der Waals surface area contributed by atoms with Crippen molar-refractivity contribution in [3.8, 4) is 33.8 Å². The monoisotopic (exact) mass is 570 g/mol. The summed E-state index contributed by atoms with van der Waals surface area (Å²) in [7, 11) is -8.52. The van der Waals surface area contributed by atoms with Gasteiger partial charge >= 0.3 is 20.2 Å². The molecule has 0 bridgehead atoms. The first-order valence-electron chi connectivity index (χ1n) is 12.4. The van der Waals surface area contributed by atoms with Crippen molar-refractivity contribution in [2.75, 3.05) is 0 Å². The molecule has 202 valence electrons. The molecule has 0 saturated heterocycles. The van der Waals surface area contributed by atoms with Gasteiger partial charge in [-0.1, -0.05) is 96.1 Å². The van der Waals surface area contributed by atoms with Gasteiger partial charge in [-0.2, -0.15) is 16.8 Å². The fourth-order valence-corrected chi connectivity index (χ4v) is 6.11. The van der Waals surface area contributed by atoms with Crippen molar-refractivity contribution in [1.82, 2.24) is 0 Å². The molecule has 8 heteroatoms. The highest BCUT2D eigenvalue weighted by atomic mass is 32.2. The fraction of sp³-hybridized carbons (Fsp3) is 0.0625. The fourth-order valence-electron chi connectivity index (χ4n) is 4.23. The first kappa shape index (κ1) is 27.2. The van der Waals surface area contributed by atoms with Crippen molar-refractivity contribution in [2.45, 2.75) is 23.6 Å². The molecule has 40 heavy (non-hydrogen) atoms. The largest absolute Gasteiger partial charge is 0.378 e. The van der Waals surface area contributed by atoms with Crippen LogP contribution < -0.4 is 8.37 Å². The molecule has 0 unspecified atom stereocenters. The summed E-state index contributed by atoms with van der Waals surface area (Å²) in [5.41, 5.74) is 4.11. The third kappa shape index (κ3) is 5.78. The average Bonchev–Trinajstić information content (AvgIpc) is 2.94. The van der Waals surface area contributed by atoms with Crippen molar-refractivity contribution in [1.29, 1.82) is 0 Å². The first-order valence-corrected chi connectivity index (χ1v) is 15.3. The Labute approximate surface area is 234 Å². The van der Waals surface area contributed by atoms with E-state index >= 15 is 0 Å². The molecule has 0 aliphatic carbocycles. The Morgan fingerprint density at radius 3 is 1.35 bits per heavy atom. The molecule has 5 aromatic rings. The molecule has 0 spiro atoms. The zero-order valence-electron chi connectivity index (χ0n) is 21.8. The van der Waals surface area contributed by atoms with E-state index in [0.717, 1.165) is 22.3 Å². The number of hydrogen-bond acceptors (Lipinski definition) is 6. The molecule has 0 aromatic heterocycles. The zero-order chi connectivity index (χ0) is 28.3. The van der Waals surface area contributed by atoms with E-state index in [1.807, 2.05) is 56.3 Å². The van der Waals surface area contributed by atoms with E-state index in [4.69, 9.17) is 8.37 Å². The van der Waals surface area contributed by atoms with Gasteiger partial charge in [-0.05, 0) is 66.9 Å². The van der Waals surface area contributed by atoms with E-state index in [-0.39, 0.29) is 26.9 Å². The Balaban J connectivity index is 1.69. The summed E-state index contributed by atoms with van der Waals surface area (Å²) in [5.74, 6) is -0.138. The van der Waals surface area contributed by atoms with Crippen LogP contribution in [0, 0.1) is 13.8 Å². The lowest BCUT2D eigenvalue weighted by Crippen LogP contribution is -2.13. The van der Waals surface area contributed by atoms with Crippen LogP contribution in [0.4, 0.5) is 0 Å². The van der Waals surface area contributed by atoms with Crippen LogP contribution in [0.2, 0.25) is 0 Å². The van der Waals surface area contributed by atoms with Crippen LogP contribution in [0.15, 0.2) is 131 Å². The first-order chi connectivity index (χ1) is 19.1. The van der Waals surface area contributed by atoms with Crippen LogP contribution in [-0.2, 0) is 20.2 Å². The molecular formula is C32H26O6S2. The minimum absolute atomic E-state index is 0.0287. The molecule has 0 atom stereocenters. The SMILES string of the molecule is Cc1ccc(S(=O)(=O)Oc2cccc(OS(=O)(=O)c3ccc(C)cc3)c2-c2ccccc2-c2ccccc2)cc1. The van der Waals surface area contributed by atoms with Crippen molar-refractivity contribution in [2.24, 2.45) is 0 Å².